The monoisotopic (exact) mass is 211 g/mol. The highest BCUT2D eigenvalue weighted by molar-refractivity contribution is 7.98. The molecule has 78 valence electrons. The molecule has 1 aromatic carbocycles. The van der Waals surface area contributed by atoms with E-state index >= 15 is 0 Å². The predicted molar refractivity (Wildman–Crippen MR) is 61.7 cm³/mol. The highest BCUT2D eigenvalue weighted by atomic mass is 32.2. The molecule has 0 aliphatic heterocycles. The fourth-order valence-corrected chi connectivity index (χ4v) is 1.80. The molecule has 1 unspecified atom stereocenters. The van der Waals surface area contributed by atoms with E-state index in [1.54, 1.807) is 11.8 Å². The van der Waals surface area contributed by atoms with Crippen LogP contribution in [0.15, 0.2) is 29.2 Å². The summed E-state index contributed by atoms with van der Waals surface area (Å²) < 4.78 is 0. The van der Waals surface area contributed by atoms with Crippen molar-refractivity contribution in [1.29, 1.82) is 0 Å². The molecule has 0 saturated carbocycles. The van der Waals surface area contributed by atoms with Crippen LogP contribution >= 0.6 is 11.8 Å². The molecule has 0 aromatic heterocycles. The molecule has 2 nitrogen and oxygen atoms in total. The van der Waals surface area contributed by atoms with Crippen LogP contribution in [0.5, 0.6) is 0 Å². The van der Waals surface area contributed by atoms with Gasteiger partial charge < -0.3 is 10.4 Å². The van der Waals surface area contributed by atoms with Crippen molar-refractivity contribution in [3.05, 3.63) is 29.8 Å². The minimum absolute atomic E-state index is 0.561. The molecule has 14 heavy (non-hydrogen) atoms. The molecule has 0 aliphatic rings. The first kappa shape index (κ1) is 11.6. The van der Waals surface area contributed by atoms with Crippen molar-refractivity contribution in [2.45, 2.75) is 17.4 Å². The quantitative estimate of drug-likeness (QED) is 0.745. The van der Waals surface area contributed by atoms with Crippen LogP contribution in [0.2, 0.25) is 0 Å². The van der Waals surface area contributed by atoms with E-state index in [-0.39, 0.29) is 0 Å². The second kappa shape index (κ2) is 4.82. The zero-order valence-corrected chi connectivity index (χ0v) is 9.69. The lowest BCUT2D eigenvalue weighted by molar-refractivity contribution is 0.0591. The summed E-state index contributed by atoms with van der Waals surface area (Å²) in [4.78, 5) is 1.22. The molecule has 1 atom stereocenters. The number of benzene rings is 1. The van der Waals surface area contributed by atoms with Crippen molar-refractivity contribution in [2.75, 3.05) is 19.8 Å². The minimum atomic E-state index is -0.786. The fraction of sp³-hybridized carbons (Fsp3) is 0.455. The smallest absolute Gasteiger partial charge is 0.0992 e. The van der Waals surface area contributed by atoms with Crippen molar-refractivity contribution in [3.8, 4) is 0 Å². The van der Waals surface area contributed by atoms with Gasteiger partial charge in [0.1, 0.15) is 0 Å². The summed E-state index contributed by atoms with van der Waals surface area (Å²) in [6.45, 7) is 2.38. The molecule has 0 spiro atoms. The lowest BCUT2D eigenvalue weighted by atomic mass is 9.96. The molecule has 0 heterocycles. The molecular formula is C11H17NOS. The number of nitrogens with one attached hydrogen (secondary N) is 1. The molecule has 1 aromatic rings. The molecule has 0 amide bonds. The summed E-state index contributed by atoms with van der Waals surface area (Å²) >= 11 is 1.70. The average Bonchev–Trinajstić information content (AvgIpc) is 2.18. The first-order chi connectivity index (χ1) is 6.60. The maximum Gasteiger partial charge on any atom is 0.0992 e. The van der Waals surface area contributed by atoms with Crippen LogP contribution in [0.25, 0.3) is 0 Å². The van der Waals surface area contributed by atoms with E-state index in [1.165, 1.54) is 4.90 Å². The van der Waals surface area contributed by atoms with Crippen molar-refractivity contribution >= 4 is 11.8 Å². The third-order valence-corrected chi connectivity index (χ3v) is 2.98. The summed E-state index contributed by atoms with van der Waals surface area (Å²) in [5, 5.41) is 13.1. The first-order valence-corrected chi connectivity index (χ1v) is 5.84. The van der Waals surface area contributed by atoms with E-state index in [1.807, 2.05) is 44.5 Å². The van der Waals surface area contributed by atoms with Gasteiger partial charge >= 0.3 is 0 Å². The van der Waals surface area contributed by atoms with Gasteiger partial charge in [-0.2, -0.15) is 0 Å². The molecule has 1 rings (SSSR count). The maximum atomic E-state index is 10.1. The van der Waals surface area contributed by atoms with Gasteiger partial charge in [-0.1, -0.05) is 12.1 Å². The number of hydrogen-bond acceptors (Lipinski definition) is 3. The van der Waals surface area contributed by atoms with Gasteiger partial charge in [-0.25, -0.2) is 0 Å². The van der Waals surface area contributed by atoms with Crippen molar-refractivity contribution < 1.29 is 5.11 Å². The highest BCUT2D eigenvalue weighted by Gasteiger charge is 2.21. The Labute approximate surface area is 89.7 Å². The van der Waals surface area contributed by atoms with Gasteiger partial charge in [0, 0.05) is 11.4 Å². The number of hydrogen-bond donors (Lipinski definition) is 2. The van der Waals surface area contributed by atoms with E-state index in [4.69, 9.17) is 0 Å². The molecule has 0 aliphatic carbocycles. The van der Waals surface area contributed by atoms with Crippen molar-refractivity contribution in [3.63, 3.8) is 0 Å². The van der Waals surface area contributed by atoms with Gasteiger partial charge in [0.15, 0.2) is 0 Å². The topological polar surface area (TPSA) is 32.3 Å². The summed E-state index contributed by atoms with van der Waals surface area (Å²) in [6, 6.07) is 8.01. The second-order valence-corrected chi connectivity index (χ2v) is 4.41. The second-order valence-electron chi connectivity index (χ2n) is 3.53. The van der Waals surface area contributed by atoms with Gasteiger partial charge in [0.05, 0.1) is 5.60 Å². The third kappa shape index (κ3) is 2.74. The molecule has 0 fully saturated rings. The highest BCUT2D eigenvalue weighted by Crippen LogP contribution is 2.22. The van der Waals surface area contributed by atoms with Crippen LogP contribution in [0.3, 0.4) is 0 Å². The Morgan fingerprint density at radius 3 is 2.36 bits per heavy atom. The Balaban J connectivity index is 2.85. The van der Waals surface area contributed by atoms with Crippen LogP contribution in [0, 0.1) is 0 Å². The number of likely N-dealkylation sites (N-methyl/N-ethyl adjacent to an activating group) is 1. The van der Waals surface area contributed by atoms with Gasteiger partial charge in [0.25, 0.3) is 0 Å². The number of aliphatic hydroxyl groups is 1. The summed E-state index contributed by atoms with van der Waals surface area (Å²) in [5.74, 6) is 0. The predicted octanol–water partition coefficient (Wildman–Crippen LogP) is 1.84. The van der Waals surface area contributed by atoms with Gasteiger partial charge in [-0.05, 0) is 37.9 Å². The molecule has 3 heteroatoms. The van der Waals surface area contributed by atoms with Crippen molar-refractivity contribution in [2.24, 2.45) is 0 Å². The lowest BCUT2D eigenvalue weighted by Crippen LogP contribution is -2.33. The molecule has 0 bridgehead atoms. The van der Waals surface area contributed by atoms with Crippen molar-refractivity contribution in [1.82, 2.24) is 5.32 Å². The molecular weight excluding hydrogens is 194 g/mol. The normalized spacial score (nSPS) is 15.1. The Bertz CT molecular complexity index is 282. The maximum absolute atomic E-state index is 10.1. The van der Waals surface area contributed by atoms with E-state index in [0.29, 0.717) is 6.54 Å². The summed E-state index contributed by atoms with van der Waals surface area (Å²) in [7, 11) is 1.84. The average molecular weight is 211 g/mol. The largest absolute Gasteiger partial charge is 0.384 e. The first-order valence-electron chi connectivity index (χ1n) is 4.61. The SMILES string of the molecule is CNCC(C)(O)c1ccc(SC)cc1. The zero-order chi connectivity index (χ0) is 10.6. The fourth-order valence-electron chi connectivity index (χ4n) is 1.40. The lowest BCUT2D eigenvalue weighted by Gasteiger charge is -2.23. The van der Waals surface area contributed by atoms with Crippen LogP contribution < -0.4 is 5.32 Å². The van der Waals surface area contributed by atoms with Crippen LogP contribution in [-0.2, 0) is 5.60 Å². The molecule has 2 N–H and O–H groups in total. The Hall–Kier alpha value is -0.510. The van der Waals surface area contributed by atoms with Crippen LogP contribution in [-0.4, -0.2) is 25.0 Å². The van der Waals surface area contributed by atoms with Gasteiger partial charge in [-0.15, -0.1) is 11.8 Å². The molecule has 0 saturated heterocycles. The Morgan fingerprint density at radius 2 is 1.93 bits per heavy atom. The minimum Gasteiger partial charge on any atom is -0.384 e. The standard InChI is InChI=1S/C11H17NOS/c1-11(13,8-12-2)9-4-6-10(14-3)7-5-9/h4-7,12-13H,8H2,1-3H3. The number of rotatable bonds is 4. The van der Waals surface area contributed by atoms with Crippen LogP contribution in [0.4, 0.5) is 0 Å². The molecule has 0 radical (unpaired) electrons. The van der Waals surface area contributed by atoms with E-state index in [2.05, 4.69) is 5.32 Å². The van der Waals surface area contributed by atoms with E-state index in [9.17, 15) is 5.11 Å². The van der Waals surface area contributed by atoms with Gasteiger partial charge in [0.2, 0.25) is 0 Å². The van der Waals surface area contributed by atoms with E-state index in [0.717, 1.165) is 5.56 Å². The third-order valence-electron chi connectivity index (χ3n) is 2.23. The summed E-state index contributed by atoms with van der Waals surface area (Å²) in [6.07, 6.45) is 2.04. The number of thioether (sulfide) groups is 1. The van der Waals surface area contributed by atoms with Crippen LogP contribution in [0.1, 0.15) is 12.5 Å². The summed E-state index contributed by atoms with van der Waals surface area (Å²) in [5.41, 5.74) is 0.163. The van der Waals surface area contributed by atoms with E-state index < -0.39 is 5.60 Å². The Kier molecular flexibility index (Phi) is 3.98. The van der Waals surface area contributed by atoms with Gasteiger partial charge in [-0.3, -0.25) is 0 Å². The zero-order valence-electron chi connectivity index (χ0n) is 8.87. The Morgan fingerprint density at radius 1 is 1.36 bits per heavy atom.